The minimum atomic E-state index is -0.269. The van der Waals surface area contributed by atoms with Crippen LogP contribution < -0.4 is 14.9 Å². The van der Waals surface area contributed by atoms with Gasteiger partial charge in [-0.2, -0.15) is 0 Å². The van der Waals surface area contributed by atoms with Gasteiger partial charge in [-0.25, -0.2) is 0 Å². The average Bonchev–Trinajstić information content (AvgIpc) is 3.15. The smallest absolute Gasteiger partial charge is 0.204 e. The summed E-state index contributed by atoms with van der Waals surface area (Å²) < 4.78 is 17.6. The van der Waals surface area contributed by atoms with Crippen molar-refractivity contribution in [1.29, 1.82) is 0 Å². The van der Waals surface area contributed by atoms with Crippen molar-refractivity contribution in [2.45, 2.75) is 57.8 Å². The molecule has 0 unspecified atom stereocenters. The van der Waals surface area contributed by atoms with E-state index < -0.39 is 0 Å². The van der Waals surface area contributed by atoms with Crippen molar-refractivity contribution in [2.75, 3.05) is 26.0 Å². The Morgan fingerprint density at radius 1 is 1.29 bits per heavy atom. The third-order valence-electron chi connectivity index (χ3n) is 4.72. The zero-order valence-electron chi connectivity index (χ0n) is 17.0. The monoisotopic (exact) mass is 407 g/mol. The summed E-state index contributed by atoms with van der Waals surface area (Å²) in [6.45, 7) is 8.48. The normalized spacial score (nSPS) is 14.9. The van der Waals surface area contributed by atoms with Crippen molar-refractivity contribution in [1.82, 2.24) is 4.90 Å². The summed E-state index contributed by atoms with van der Waals surface area (Å²) in [5, 5.41) is 11.5. The molecular formula is C21H29NO5S. The molecule has 0 aliphatic carbocycles. The molecule has 1 aliphatic heterocycles. The number of fused-ring (bicyclic) bond motifs is 1. The number of hydrogen-bond donors (Lipinski definition) is 1. The second-order valence-corrected chi connectivity index (χ2v) is 8.42. The molecule has 0 atom stereocenters. The van der Waals surface area contributed by atoms with Gasteiger partial charge in [-0.05, 0) is 46.2 Å². The van der Waals surface area contributed by atoms with Gasteiger partial charge in [0.05, 0.1) is 18.8 Å². The number of phenols is 1. The van der Waals surface area contributed by atoms with E-state index in [1.807, 2.05) is 13.8 Å². The maximum Gasteiger partial charge on any atom is 0.204 e. The molecule has 2 heterocycles. The Balaban J connectivity index is 2.27. The topological polar surface area (TPSA) is 72.1 Å². The molecule has 7 heteroatoms. The highest BCUT2D eigenvalue weighted by Crippen LogP contribution is 2.46. The van der Waals surface area contributed by atoms with Crippen LogP contribution in [-0.4, -0.2) is 42.1 Å². The largest absolute Gasteiger partial charge is 0.504 e. The number of methoxy groups -OCH3 is 1. The predicted octanol–water partition coefficient (Wildman–Crippen LogP) is 4.39. The van der Waals surface area contributed by atoms with E-state index in [-0.39, 0.29) is 28.4 Å². The summed E-state index contributed by atoms with van der Waals surface area (Å²) in [4.78, 5) is 15.1. The number of phenolic OH excluding ortho intramolecular Hbond substituents is 1. The fourth-order valence-electron chi connectivity index (χ4n) is 3.50. The zero-order valence-corrected chi connectivity index (χ0v) is 17.9. The van der Waals surface area contributed by atoms with E-state index in [0.717, 1.165) is 43.7 Å². The minimum absolute atomic E-state index is 0.118. The first-order valence-corrected chi connectivity index (χ1v) is 10.9. The molecule has 1 aromatic carbocycles. The minimum Gasteiger partial charge on any atom is -0.504 e. The maximum absolute atomic E-state index is 12.8. The van der Waals surface area contributed by atoms with Gasteiger partial charge < -0.3 is 19.0 Å². The van der Waals surface area contributed by atoms with Crippen molar-refractivity contribution in [3.05, 3.63) is 21.9 Å². The molecule has 1 aromatic heterocycles. The quantitative estimate of drug-likeness (QED) is 0.651. The Kier molecular flexibility index (Phi) is 6.78. The first kappa shape index (κ1) is 20.9. The summed E-state index contributed by atoms with van der Waals surface area (Å²) in [6.07, 6.45) is 3.15. The van der Waals surface area contributed by atoms with Crippen LogP contribution in [0.3, 0.4) is 0 Å². The van der Waals surface area contributed by atoms with Crippen molar-refractivity contribution in [3.8, 4) is 17.2 Å². The van der Waals surface area contributed by atoms with Gasteiger partial charge in [0.1, 0.15) is 5.39 Å². The number of rotatable bonds is 8. The Labute approximate surface area is 169 Å². The fraction of sp³-hybridized carbons (Fsp3) is 0.571. The van der Waals surface area contributed by atoms with E-state index in [0.29, 0.717) is 23.0 Å². The third kappa shape index (κ3) is 4.25. The summed E-state index contributed by atoms with van der Waals surface area (Å²) >= 11 is 1.50. The van der Waals surface area contributed by atoms with Gasteiger partial charge in [0, 0.05) is 18.4 Å². The van der Waals surface area contributed by atoms with Gasteiger partial charge in [0.2, 0.25) is 5.75 Å². The van der Waals surface area contributed by atoms with Gasteiger partial charge in [0.25, 0.3) is 0 Å². The van der Waals surface area contributed by atoms with E-state index in [1.54, 1.807) is 0 Å². The highest BCUT2D eigenvalue weighted by molar-refractivity contribution is 7.99. The lowest BCUT2D eigenvalue weighted by Crippen LogP contribution is -2.21. The van der Waals surface area contributed by atoms with Gasteiger partial charge in [0.15, 0.2) is 27.6 Å². The summed E-state index contributed by atoms with van der Waals surface area (Å²) in [5.41, 5.74) is 0.887. The maximum atomic E-state index is 12.8. The molecule has 0 spiro atoms. The second kappa shape index (κ2) is 9.09. The molecule has 6 nitrogen and oxygen atoms in total. The van der Waals surface area contributed by atoms with Crippen molar-refractivity contribution in [2.24, 2.45) is 0 Å². The lowest BCUT2D eigenvalue weighted by atomic mass is 10.1. The van der Waals surface area contributed by atoms with Crippen LogP contribution in [-0.2, 0) is 6.54 Å². The molecule has 0 saturated carbocycles. The number of thioether (sulfide) groups is 1. The predicted molar refractivity (Wildman–Crippen MR) is 112 cm³/mol. The molecular weight excluding hydrogens is 378 g/mol. The lowest BCUT2D eigenvalue weighted by Gasteiger charge is -2.23. The highest BCUT2D eigenvalue weighted by Gasteiger charge is 2.28. The first-order valence-electron chi connectivity index (χ1n) is 9.87. The second-order valence-electron chi connectivity index (χ2n) is 7.32. The van der Waals surface area contributed by atoms with Crippen LogP contribution in [0.2, 0.25) is 0 Å². The number of hydrogen-bond acceptors (Lipinski definition) is 7. The van der Waals surface area contributed by atoms with Crippen molar-refractivity contribution >= 4 is 22.7 Å². The summed E-state index contributed by atoms with van der Waals surface area (Å²) in [5.74, 6) is 1.28. The fourth-order valence-corrected chi connectivity index (χ4v) is 4.24. The Bertz CT molecular complexity index is 887. The molecule has 2 aromatic rings. The van der Waals surface area contributed by atoms with E-state index in [4.69, 9.17) is 13.9 Å². The molecule has 0 radical (unpaired) electrons. The molecule has 1 N–H and O–H groups in total. The lowest BCUT2D eigenvalue weighted by molar-refractivity contribution is 0.219. The SMILES string of the molecule is CCCSc1cc(=O)c2c(O)c(OC)c(OC(C)C)c(CN3CCCC3)c2o1. The number of likely N-dealkylation sites (tertiary alicyclic amines) is 1. The van der Waals surface area contributed by atoms with Crippen LogP contribution in [0, 0.1) is 0 Å². The average molecular weight is 408 g/mol. The molecule has 0 amide bonds. The molecule has 1 fully saturated rings. The van der Waals surface area contributed by atoms with Crippen molar-refractivity contribution in [3.63, 3.8) is 0 Å². The van der Waals surface area contributed by atoms with Crippen LogP contribution in [0.25, 0.3) is 11.0 Å². The van der Waals surface area contributed by atoms with Gasteiger partial charge in [-0.1, -0.05) is 18.7 Å². The van der Waals surface area contributed by atoms with Gasteiger partial charge >= 0.3 is 0 Å². The zero-order chi connectivity index (χ0) is 20.3. The Morgan fingerprint density at radius 3 is 2.61 bits per heavy atom. The van der Waals surface area contributed by atoms with E-state index in [2.05, 4.69) is 11.8 Å². The first-order chi connectivity index (χ1) is 13.5. The number of nitrogens with zero attached hydrogens (tertiary/aromatic N) is 1. The van der Waals surface area contributed by atoms with Crippen molar-refractivity contribution < 1.29 is 19.0 Å². The number of ether oxygens (including phenoxy) is 2. The third-order valence-corrected chi connectivity index (χ3v) is 5.82. The Morgan fingerprint density at radius 2 is 2.00 bits per heavy atom. The van der Waals surface area contributed by atoms with Crippen LogP contribution in [0.15, 0.2) is 20.4 Å². The number of benzene rings is 1. The highest BCUT2D eigenvalue weighted by atomic mass is 32.2. The molecule has 154 valence electrons. The van der Waals surface area contributed by atoms with E-state index >= 15 is 0 Å². The Hall–Kier alpha value is -1.86. The molecule has 3 rings (SSSR count). The molecule has 1 saturated heterocycles. The molecule has 0 bridgehead atoms. The van der Waals surface area contributed by atoms with E-state index in [1.165, 1.54) is 24.9 Å². The van der Waals surface area contributed by atoms with Crippen LogP contribution in [0.1, 0.15) is 45.6 Å². The van der Waals surface area contributed by atoms with Gasteiger partial charge in [-0.3, -0.25) is 9.69 Å². The summed E-state index contributed by atoms with van der Waals surface area (Å²) in [6, 6.07) is 1.45. The van der Waals surface area contributed by atoms with Crippen LogP contribution >= 0.6 is 11.8 Å². The van der Waals surface area contributed by atoms with Gasteiger partial charge in [-0.15, -0.1) is 0 Å². The standard InChI is InChI=1S/C21H29NO5S/c1-5-10-28-16-11-15(23)17-18(24)21(25-4)20(26-13(2)3)14(19(17)27-16)12-22-8-6-7-9-22/h11,13,24H,5-10,12H2,1-4H3. The number of aromatic hydroxyl groups is 1. The summed E-state index contributed by atoms with van der Waals surface area (Å²) in [7, 11) is 1.47. The van der Waals surface area contributed by atoms with Crippen LogP contribution in [0.4, 0.5) is 0 Å². The molecule has 1 aliphatic rings. The van der Waals surface area contributed by atoms with Crippen LogP contribution in [0.5, 0.6) is 17.2 Å². The molecule has 28 heavy (non-hydrogen) atoms. The van der Waals surface area contributed by atoms with E-state index in [9.17, 15) is 9.90 Å².